The normalized spacial score (nSPS) is 14.9. The van der Waals surface area contributed by atoms with Crippen molar-refractivity contribution in [2.24, 2.45) is 0 Å². The number of thiazole rings is 1. The van der Waals surface area contributed by atoms with Crippen LogP contribution in [0.1, 0.15) is 27.3 Å². The number of ether oxygens (including phenoxy) is 1. The maximum atomic E-state index is 7.60. The summed E-state index contributed by atoms with van der Waals surface area (Å²) in [4.78, 5) is 4.05. The molecular formula is C8H13NOS. The van der Waals surface area contributed by atoms with Crippen LogP contribution in [0.3, 0.4) is 0 Å². The van der Waals surface area contributed by atoms with E-state index < -0.39 is 6.56 Å². The Kier molecular flexibility index (Phi) is 2.14. The third-order valence-corrected chi connectivity index (χ3v) is 1.79. The van der Waals surface area contributed by atoms with Crippen LogP contribution < -0.4 is 0 Å². The molecule has 0 radical (unpaired) electrons. The molecule has 0 fully saturated rings. The van der Waals surface area contributed by atoms with Gasteiger partial charge >= 0.3 is 0 Å². The highest BCUT2D eigenvalue weighted by Gasteiger charge is 1.99. The lowest BCUT2D eigenvalue weighted by atomic mass is 10.4. The molecule has 1 rings (SSSR count). The SMILES string of the molecule is [2H]C([2H])(OC(C)C)c1csc(C)n1. The second kappa shape index (κ2) is 3.83. The Morgan fingerprint density at radius 1 is 1.82 bits per heavy atom. The fourth-order valence-corrected chi connectivity index (χ4v) is 1.12. The van der Waals surface area contributed by atoms with E-state index in [1.807, 2.05) is 6.92 Å². The topological polar surface area (TPSA) is 22.1 Å². The van der Waals surface area contributed by atoms with E-state index in [4.69, 9.17) is 7.48 Å². The van der Waals surface area contributed by atoms with Crippen molar-refractivity contribution in [1.29, 1.82) is 0 Å². The molecule has 0 amide bonds. The quantitative estimate of drug-likeness (QED) is 0.700. The van der Waals surface area contributed by atoms with Crippen molar-refractivity contribution in [3.05, 3.63) is 16.1 Å². The first kappa shape index (κ1) is 6.14. The van der Waals surface area contributed by atoms with Gasteiger partial charge in [-0.15, -0.1) is 11.3 Å². The maximum absolute atomic E-state index is 7.60. The molecule has 1 heterocycles. The zero-order chi connectivity index (χ0) is 10.1. The Labute approximate surface area is 74.0 Å². The van der Waals surface area contributed by atoms with Gasteiger partial charge in [-0.3, -0.25) is 0 Å². The molecule has 11 heavy (non-hydrogen) atoms. The van der Waals surface area contributed by atoms with Crippen molar-refractivity contribution in [2.75, 3.05) is 0 Å². The van der Waals surface area contributed by atoms with Crippen LogP contribution >= 0.6 is 11.3 Å². The van der Waals surface area contributed by atoms with Crippen molar-refractivity contribution in [1.82, 2.24) is 4.98 Å². The van der Waals surface area contributed by atoms with E-state index in [0.717, 1.165) is 5.01 Å². The monoisotopic (exact) mass is 173 g/mol. The zero-order valence-electron chi connectivity index (χ0n) is 8.92. The van der Waals surface area contributed by atoms with Gasteiger partial charge in [0.1, 0.15) is 0 Å². The van der Waals surface area contributed by atoms with Crippen molar-refractivity contribution >= 4 is 11.3 Å². The standard InChI is InChI=1S/C8H13NOS/c1-6(2)10-4-8-5-11-7(3)9-8/h5-6H,4H2,1-3H3/i4D2. The largest absolute Gasteiger partial charge is 0.372 e. The summed E-state index contributed by atoms with van der Waals surface area (Å²) >= 11 is 1.43. The van der Waals surface area contributed by atoms with Gasteiger partial charge in [0, 0.05) is 5.38 Å². The van der Waals surface area contributed by atoms with Gasteiger partial charge in [-0.1, -0.05) is 0 Å². The fraction of sp³-hybridized carbons (Fsp3) is 0.625. The van der Waals surface area contributed by atoms with Crippen molar-refractivity contribution in [2.45, 2.75) is 33.4 Å². The lowest BCUT2D eigenvalue weighted by Gasteiger charge is -2.03. The van der Waals surface area contributed by atoms with Crippen LogP contribution in [0.4, 0.5) is 0 Å². The smallest absolute Gasteiger partial charge is 0.0900 e. The minimum absolute atomic E-state index is 0.142. The minimum atomic E-state index is -1.76. The van der Waals surface area contributed by atoms with Crippen LogP contribution in [0.2, 0.25) is 0 Å². The molecule has 0 saturated carbocycles. The summed E-state index contributed by atoms with van der Waals surface area (Å²) in [5, 5.41) is 2.55. The van der Waals surface area contributed by atoms with Gasteiger partial charge in [0.2, 0.25) is 0 Å². The summed E-state index contributed by atoms with van der Waals surface area (Å²) in [6.45, 7) is 3.69. The molecule has 62 valence electrons. The first-order valence-corrected chi connectivity index (χ1v) is 4.40. The zero-order valence-corrected chi connectivity index (χ0v) is 7.73. The maximum Gasteiger partial charge on any atom is 0.0900 e. The summed E-state index contributed by atoms with van der Waals surface area (Å²) in [5.74, 6) is 0. The number of nitrogens with zero attached hydrogens (tertiary/aromatic N) is 1. The molecule has 0 unspecified atom stereocenters. The van der Waals surface area contributed by atoms with Gasteiger partial charge in [-0.05, 0) is 20.8 Å². The Balaban J connectivity index is 2.80. The van der Waals surface area contributed by atoms with Crippen molar-refractivity contribution in [3.63, 3.8) is 0 Å². The molecule has 0 saturated heterocycles. The highest BCUT2D eigenvalue weighted by molar-refractivity contribution is 7.09. The summed E-state index contributed by atoms with van der Waals surface area (Å²) in [6.07, 6.45) is -0.142. The van der Waals surface area contributed by atoms with Crippen LogP contribution in [-0.4, -0.2) is 11.1 Å². The molecule has 0 aromatic carbocycles. The van der Waals surface area contributed by atoms with Crippen molar-refractivity contribution in [3.8, 4) is 0 Å². The molecule has 2 nitrogen and oxygen atoms in total. The summed E-state index contributed by atoms with van der Waals surface area (Å²) in [7, 11) is 0. The third kappa shape index (κ3) is 2.99. The second-order valence-corrected chi connectivity index (χ2v) is 3.58. The van der Waals surface area contributed by atoms with Crippen LogP contribution in [0, 0.1) is 6.92 Å². The Bertz CT molecular complexity index is 285. The van der Waals surface area contributed by atoms with E-state index in [1.54, 1.807) is 19.2 Å². The molecule has 0 spiro atoms. The van der Waals surface area contributed by atoms with E-state index in [1.165, 1.54) is 11.3 Å². The predicted molar refractivity (Wildman–Crippen MR) is 46.8 cm³/mol. The van der Waals surface area contributed by atoms with Gasteiger partial charge < -0.3 is 4.74 Å². The highest BCUT2D eigenvalue weighted by Crippen LogP contribution is 2.09. The summed E-state index contributed by atoms with van der Waals surface area (Å²) in [6, 6.07) is 0. The summed E-state index contributed by atoms with van der Waals surface area (Å²) < 4.78 is 20.3. The van der Waals surface area contributed by atoms with Crippen LogP contribution in [0.5, 0.6) is 0 Å². The van der Waals surface area contributed by atoms with E-state index >= 15 is 0 Å². The molecule has 0 aliphatic carbocycles. The molecule has 0 atom stereocenters. The first-order valence-electron chi connectivity index (χ1n) is 4.52. The second-order valence-electron chi connectivity index (χ2n) is 2.52. The number of rotatable bonds is 3. The predicted octanol–water partition coefficient (Wildman–Crippen LogP) is 2.38. The number of aryl methyl sites for hydroxylation is 1. The van der Waals surface area contributed by atoms with Crippen LogP contribution in [0.15, 0.2) is 5.38 Å². The first-order chi connectivity index (χ1) is 5.92. The van der Waals surface area contributed by atoms with Gasteiger partial charge in [-0.25, -0.2) is 4.98 Å². The number of hydrogen-bond acceptors (Lipinski definition) is 3. The molecular weight excluding hydrogens is 158 g/mol. The Morgan fingerprint density at radius 2 is 2.55 bits per heavy atom. The molecule has 1 aromatic heterocycles. The summed E-state index contributed by atoms with van der Waals surface area (Å²) in [5.41, 5.74) is 0.365. The molecule has 0 aliphatic heterocycles. The van der Waals surface area contributed by atoms with E-state index in [-0.39, 0.29) is 6.10 Å². The lowest BCUT2D eigenvalue weighted by molar-refractivity contribution is 0.0638. The minimum Gasteiger partial charge on any atom is -0.372 e. The lowest BCUT2D eigenvalue weighted by Crippen LogP contribution is -2.02. The van der Waals surface area contributed by atoms with Gasteiger partial charge in [0.15, 0.2) is 0 Å². The Hall–Kier alpha value is -0.410. The van der Waals surface area contributed by atoms with Gasteiger partial charge in [-0.2, -0.15) is 0 Å². The molecule has 0 aliphatic rings. The average Bonchev–Trinajstić information content (AvgIpc) is 2.32. The van der Waals surface area contributed by atoms with Gasteiger partial charge in [0.05, 0.1) is 26.1 Å². The highest BCUT2D eigenvalue weighted by atomic mass is 32.1. The Morgan fingerprint density at radius 3 is 3.00 bits per heavy atom. The van der Waals surface area contributed by atoms with Crippen molar-refractivity contribution < 1.29 is 7.48 Å². The molecule has 3 heteroatoms. The third-order valence-electron chi connectivity index (χ3n) is 1.02. The van der Waals surface area contributed by atoms with E-state index in [2.05, 4.69) is 4.98 Å². The van der Waals surface area contributed by atoms with Crippen LogP contribution in [0.25, 0.3) is 0 Å². The van der Waals surface area contributed by atoms with Crippen LogP contribution in [-0.2, 0) is 11.3 Å². The van der Waals surface area contributed by atoms with E-state index in [0.29, 0.717) is 5.69 Å². The molecule has 0 N–H and O–H groups in total. The number of hydrogen-bond donors (Lipinski definition) is 0. The number of aromatic nitrogens is 1. The fourth-order valence-electron chi connectivity index (χ4n) is 0.589. The average molecular weight is 173 g/mol. The molecule has 0 bridgehead atoms. The van der Waals surface area contributed by atoms with E-state index in [9.17, 15) is 0 Å². The van der Waals surface area contributed by atoms with Gasteiger partial charge in [0.25, 0.3) is 0 Å². The molecule has 1 aromatic rings.